The van der Waals surface area contributed by atoms with E-state index in [1.54, 1.807) is 32.0 Å². The number of aromatic nitrogens is 2. The first-order valence-corrected chi connectivity index (χ1v) is 9.01. The Bertz CT molecular complexity index is 1060. The van der Waals surface area contributed by atoms with E-state index in [1.165, 1.54) is 6.42 Å². The molecule has 1 fully saturated rings. The Labute approximate surface area is 158 Å². The lowest BCUT2D eigenvalue weighted by atomic mass is 9.99. The van der Waals surface area contributed by atoms with Gasteiger partial charge in [-0.05, 0) is 37.1 Å². The molecule has 0 atom stereocenters. The number of benzene rings is 1. The Hall–Kier alpha value is -3.02. The van der Waals surface area contributed by atoms with Crippen LogP contribution >= 0.6 is 0 Å². The summed E-state index contributed by atoms with van der Waals surface area (Å²) in [6.07, 6.45) is 4.74. The summed E-state index contributed by atoms with van der Waals surface area (Å²) in [6.45, 7) is 3.97. The van der Waals surface area contributed by atoms with Crippen LogP contribution in [0.25, 0.3) is 21.9 Å². The third-order valence-corrected chi connectivity index (χ3v) is 5.30. The molecule has 2 aromatic heterocycles. The van der Waals surface area contributed by atoms with E-state index < -0.39 is 0 Å². The molecule has 6 heteroatoms. The third kappa shape index (κ3) is 2.81. The molecule has 0 spiro atoms. The van der Waals surface area contributed by atoms with E-state index in [0.29, 0.717) is 5.39 Å². The molecule has 0 amide bonds. The minimum atomic E-state index is -0.0533. The van der Waals surface area contributed by atoms with Gasteiger partial charge in [0.1, 0.15) is 17.3 Å². The largest absolute Gasteiger partial charge is 0.496 e. The normalized spacial score (nSPS) is 13.6. The SMILES string of the molecule is COc1cc(-c2cn(C)c(=O)c3cnc(N4CCC4)cc23)cc(OC)c1C. The van der Waals surface area contributed by atoms with Crippen LogP contribution in [0.2, 0.25) is 0 Å². The summed E-state index contributed by atoms with van der Waals surface area (Å²) < 4.78 is 12.7. The number of hydrogen-bond acceptors (Lipinski definition) is 5. The highest BCUT2D eigenvalue weighted by atomic mass is 16.5. The Morgan fingerprint density at radius 1 is 1.04 bits per heavy atom. The number of hydrogen-bond donors (Lipinski definition) is 0. The molecule has 1 aliphatic heterocycles. The van der Waals surface area contributed by atoms with Crippen molar-refractivity contribution < 1.29 is 9.47 Å². The molecule has 0 N–H and O–H groups in total. The monoisotopic (exact) mass is 365 g/mol. The van der Waals surface area contributed by atoms with E-state index in [0.717, 1.165) is 52.5 Å². The highest BCUT2D eigenvalue weighted by Crippen LogP contribution is 2.37. The number of aryl methyl sites for hydroxylation is 1. The molecule has 3 heterocycles. The molecule has 0 bridgehead atoms. The summed E-state index contributed by atoms with van der Waals surface area (Å²) in [4.78, 5) is 19.4. The van der Waals surface area contributed by atoms with E-state index in [2.05, 4.69) is 9.88 Å². The van der Waals surface area contributed by atoms with Gasteiger partial charge < -0.3 is 18.9 Å². The number of fused-ring (bicyclic) bond motifs is 1. The van der Waals surface area contributed by atoms with Crippen molar-refractivity contribution in [3.63, 3.8) is 0 Å². The maximum Gasteiger partial charge on any atom is 0.259 e. The first kappa shape index (κ1) is 17.4. The van der Waals surface area contributed by atoms with E-state index in [-0.39, 0.29) is 5.56 Å². The summed E-state index contributed by atoms with van der Waals surface area (Å²) in [6, 6.07) is 5.99. The zero-order chi connectivity index (χ0) is 19.1. The molecular formula is C21H23N3O3. The van der Waals surface area contributed by atoms with Crippen LogP contribution in [0.5, 0.6) is 11.5 Å². The minimum absolute atomic E-state index is 0.0533. The Morgan fingerprint density at radius 3 is 2.26 bits per heavy atom. The average molecular weight is 365 g/mol. The fourth-order valence-electron chi connectivity index (χ4n) is 3.54. The standard InChI is InChI=1S/C21H23N3O3/c1-13-18(26-3)8-14(9-19(13)27-4)17-12-23(2)21(25)16-11-22-20(10-15(16)17)24-6-5-7-24/h8-12H,5-7H2,1-4H3. The molecule has 0 saturated carbocycles. The summed E-state index contributed by atoms with van der Waals surface area (Å²) in [5.41, 5.74) is 2.78. The van der Waals surface area contributed by atoms with Crippen molar-refractivity contribution >= 4 is 16.6 Å². The van der Waals surface area contributed by atoms with Crippen molar-refractivity contribution in [2.24, 2.45) is 7.05 Å². The molecule has 6 nitrogen and oxygen atoms in total. The fourth-order valence-corrected chi connectivity index (χ4v) is 3.54. The number of rotatable bonds is 4. The summed E-state index contributed by atoms with van der Waals surface area (Å²) in [5, 5.41) is 1.50. The molecule has 4 rings (SSSR count). The Morgan fingerprint density at radius 2 is 1.70 bits per heavy atom. The van der Waals surface area contributed by atoms with Gasteiger partial charge in [-0.1, -0.05) is 0 Å². The number of methoxy groups -OCH3 is 2. The van der Waals surface area contributed by atoms with Crippen molar-refractivity contribution in [3.8, 4) is 22.6 Å². The predicted molar refractivity (Wildman–Crippen MR) is 107 cm³/mol. The van der Waals surface area contributed by atoms with Crippen molar-refractivity contribution in [1.29, 1.82) is 0 Å². The van der Waals surface area contributed by atoms with Gasteiger partial charge in [0.15, 0.2) is 0 Å². The average Bonchev–Trinajstić information content (AvgIpc) is 2.63. The summed E-state index contributed by atoms with van der Waals surface area (Å²) >= 11 is 0. The van der Waals surface area contributed by atoms with Gasteiger partial charge in [0.25, 0.3) is 5.56 Å². The van der Waals surface area contributed by atoms with E-state index in [9.17, 15) is 4.79 Å². The fraction of sp³-hybridized carbons (Fsp3) is 0.333. The molecule has 0 unspecified atom stereocenters. The van der Waals surface area contributed by atoms with Crippen molar-refractivity contribution in [2.75, 3.05) is 32.2 Å². The van der Waals surface area contributed by atoms with Gasteiger partial charge >= 0.3 is 0 Å². The molecule has 0 radical (unpaired) electrons. The van der Waals surface area contributed by atoms with Gasteiger partial charge in [0.2, 0.25) is 0 Å². The number of ether oxygens (including phenoxy) is 2. The van der Waals surface area contributed by atoms with Crippen LogP contribution < -0.4 is 19.9 Å². The number of nitrogens with zero attached hydrogens (tertiary/aromatic N) is 3. The van der Waals surface area contributed by atoms with Crippen LogP contribution in [0, 0.1) is 6.92 Å². The molecular weight excluding hydrogens is 342 g/mol. The van der Waals surface area contributed by atoms with Crippen molar-refractivity contribution in [1.82, 2.24) is 9.55 Å². The molecule has 1 saturated heterocycles. The lowest BCUT2D eigenvalue weighted by Crippen LogP contribution is -2.37. The first-order chi connectivity index (χ1) is 13.0. The second-order valence-electron chi connectivity index (χ2n) is 6.89. The second-order valence-corrected chi connectivity index (χ2v) is 6.89. The zero-order valence-electron chi connectivity index (χ0n) is 16.1. The van der Waals surface area contributed by atoms with Crippen LogP contribution in [-0.4, -0.2) is 36.9 Å². The number of anilines is 1. The van der Waals surface area contributed by atoms with Gasteiger partial charge in [0.05, 0.1) is 19.6 Å². The van der Waals surface area contributed by atoms with Crippen LogP contribution in [0.4, 0.5) is 5.82 Å². The van der Waals surface area contributed by atoms with E-state index in [4.69, 9.17) is 9.47 Å². The van der Waals surface area contributed by atoms with Crippen LogP contribution in [0.15, 0.2) is 35.4 Å². The predicted octanol–water partition coefficient (Wildman–Crippen LogP) is 3.14. The highest BCUT2D eigenvalue weighted by molar-refractivity contribution is 5.97. The van der Waals surface area contributed by atoms with Crippen LogP contribution in [0.1, 0.15) is 12.0 Å². The quantitative estimate of drug-likeness (QED) is 0.711. The molecule has 1 aliphatic rings. The smallest absolute Gasteiger partial charge is 0.259 e. The molecule has 1 aromatic carbocycles. The van der Waals surface area contributed by atoms with Gasteiger partial charge in [-0.25, -0.2) is 4.98 Å². The van der Waals surface area contributed by atoms with Gasteiger partial charge in [-0.2, -0.15) is 0 Å². The van der Waals surface area contributed by atoms with Gasteiger partial charge in [0, 0.05) is 49.0 Å². The second kappa shape index (κ2) is 6.61. The van der Waals surface area contributed by atoms with Gasteiger partial charge in [-0.3, -0.25) is 4.79 Å². The molecule has 3 aromatic rings. The minimum Gasteiger partial charge on any atom is -0.496 e. The van der Waals surface area contributed by atoms with Crippen molar-refractivity contribution in [2.45, 2.75) is 13.3 Å². The van der Waals surface area contributed by atoms with E-state index >= 15 is 0 Å². The number of pyridine rings is 2. The first-order valence-electron chi connectivity index (χ1n) is 9.01. The maximum absolute atomic E-state index is 12.6. The maximum atomic E-state index is 12.6. The molecule has 140 valence electrons. The lowest BCUT2D eigenvalue weighted by Gasteiger charge is -2.32. The van der Waals surface area contributed by atoms with Crippen LogP contribution in [-0.2, 0) is 7.05 Å². The topological polar surface area (TPSA) is 56.6 Å². The molecule has 0 aliphatic carbocycles. The van der Waals surface area contributed by atoms with Gasteiger partial charge in [-0.15, -0.1) is 0 Å². The zero-order valence-corrected chi connectivity index (χ0v) is 16.1. The lowest BCUT2D eigenvalue weighted by molar-refractivity contribution is 0.389. The van der Waals surface area contributed by atoms with Crippen LogP contribution in [0.3, 0.4) is 0 Å². The third-order valence-electron chi connectivity index (χ3n) is 5.30. The highest BCUT2D eigenvalue weighted by Gasteiger charge is 2.19. The Kier molecular flexibility index (Phi) is 4.26. The van der Waals surface area contributed by atoms with Crippen molar-refractivity contribution in [3.05, 3.63) is 46.5 Å². The van der Waals surface area contributed by atoms with E-state index in [1.807, 2.05) is 31.3 Å². The summed E-state index contributed by atoms with van der Waals surface area (Å²) in [7, 11) is 5.06. The Balaban J connectivity index is 2.00. The molecule has 27 heavy (non-hydrogen) atoms. The summed E-state index contributed by atoms with van der Waals surface area (Å²) in [5.74, 6) is 2.42.